The van der Waals surface area contributed by atoms with E-state index in [1.165, 1.54) is 25.9 Å². The van der Waals surface area contributed by atoms with Crippen LogP contribution in [0.2, 0.25) is 0 Å². The van der Waals surface area contributed by atoms with Gasteiger partial charge in [0.05, 0.1) is 0 Å². The van der Waals surface area contributed by atoms with Crippen LogP contribution >= 0.6 is 0 Å². The first kappa shape index (κ1) is 10.8. The Hall–Kier alpha value is -0.300. The second-order valence-electron chi connectivity index (χ2n) is 5.17. The fourth-order valence-corrected chi connectivity index (χ4v) is 2.21. The van der Waals surface area contributed by atoms with Crippen molar-refractivity contribution in [3.05, 3.63) is 11.1 Å². The summed E-state index contributed by atoms with van der Waals surface area (Å²) in [6.45, 7) is 11.7. The number of rotatable bonds is 1. The zero-order valence-electron chi connectivity index (χ0n) is 9.78. The van der Waals surface area contributed by atoms with Gasteiger partial charge >= 0.3 is 0 Å². The van der Waals surface area contributed by atoms with Crippen molar-refractivity contribution in [1.29, 1.82) is 0 Å². The third-order valence-electron chi connectivity index (χ3n) is 2.96. The Morgan fingerprint density at radius 1 is 1.31 bits per heavy atom. The van der Waals surface area contributed by atoms with Crippen LogP contribution in [0.15, 0.2) is 11.1 Å². The van der Waals surface area contributed by atoms with Crippen molar-refractivity contribution in [2.45, 2.75) is 40.5 Å². The molecule has 0 aliphatic carbocycles. The predicted molar refractivity (Wildman–Crippen MR) is 58.9 cm³/mol. The fourth-order valence-electron chi connectivity index (χ4n) is 2.21. The van der Waals surface area contributed by atoms with E-state index in [4.69, 9.17) is 0 Å². The summed E-state index contributed by atoms with van der Waals surface area (Å²) in [6, 6.07) is 0. The lowest BCUT2D eigenvalue weighted by Crippen LogP contribution is -2.31. The molecular formula is C12H23N. The average Bonchev–Trinajstić information content (AvgIpc) is 2.01. The highest BCUT2D eigenvalue weighted by Crippen LogP contribution is 2.34. The van der Waals surface area contributed by atoms with E-state index in [9.17, 15) is 0 Å². The van der Waals surface area contributed by atoms with Crippen molar-refractivity contribution in [1.82, 2.24) is 4.90 Å². The van der Waals surface area contributed by atoms with E-state index in [-0.39, 0.29) is 0 Å². The standard InChI is InChI=1S/C12H23N/c1-6-10-9-13(5)8-7-11(10)12(2,3)4/h6-9H2,1-5H3. The SMILES string of the molecule is CCC1=C(C(C)(C)C)CCN(C)C1. The number of nitrogens with zero attached hydrogens (tertiary/aromatic N) is 1. The highest BCUT2D eigenvalue weighted by atomic mass is 15.1. The Morgan fingerprint density at radius 3 is 2.38 bits per heavy atom. The zero-order chi connectivity index (χ0) is 10.1. The maximum atomic E-state index is 2.42. The van der Waals surface area contributed by atoms with Gasteiger partial charge < -0.3 is 4.90 Å². The molecule has 1 nitrogen and oxygen atoms in total. The first-order chi connectivity index (χ1) is 5.95. The van der Waals surface area contributed by atoms with E-state index in [1.807, 2.05) is 0 Å². The Bertz CT molecular complexity index is 208. The molecule has 0 saturated carbocycles. The van der Waals surface area contributed by atoms with Crippen molar-refractivity contribution in [3.8, 4) is 0 Å². The molecule has 1 aliphatic heterocycles. The van der Waals surface area contributed by atoms with Crippen LogP contribution in [0.5, 0.6) is 0 Å². The van der Waals surface area contributed by atoms with Crippen molar-refractivity contribution in [3.63, 3.8) is 0 Å². The molecule has 13 heavy (non-hydrogen) atoms. The van der Waals surface area contributed by atoms with Gasteiger partial charge in [0, 0.05) is 13.1 Å². The van der Waals surface area contributed by atoms with Crippen LogP contribution in [0, 0.1) is 5.41 Å². The maximum Gasteiger partial charge on any atom is 0.0192 e. The van der Waals surface area contributed by atoms with E-state index in [2.05, 4.69) is 39.6 Å². The molecule has 1 rings (SSSR count). The van der Waals surface area contributed by atoms with Crippen LogP contribution in [-0.4, -0.2) is 25.0 Å². The summed E-state index contributed by atoms with van der Waals surface area (Å²) in [5.74, 6) is 0. The third kappa shape index (κ3) is 2.57. The van der Waals surface area contributed by atoms with Crippen molar-refractivity contribution < 1.29 is 0 Å². The largest absolute Gasteiger partial charge is 0.302 e. The Labute approximate surface area is 82.8 Å². The summed E-state index contributed by atoms with van der Waals surface area (Å²) in [5, 5.41) is 0. The molecule has 0 fully saturated rings. The molecule has 1 heterocycles. The van der Waals surface area contributed by atoms with Gasteiger partial charge in [0.15, 0.2) is 0 Å². The first-order valence-electron chi connectivity index (χ1n) is 5.35. The molecule has 0 atom stereocenters. The summed E-state index contributed by atoms with van der Waals surface area (Å²) in [5.41, 5.74) is 3.75. The minimum atomic E-state index is 0.382. The van der Waals surface area contributed by atoms with Crippen LogP contribution < -0.4 is 0 Å². The lowest BCUT2D eigenvalue weighted by atomic mass is 9.79. The topological polar surface area (TPSA) is 3.24 Å². The quantitative estimate of drug-likeness (QED) is 0.562. The summed E-state index contributed by atoms with van der Waals surface area (Å²) in [6.07, 6.45) is 2.49. The molecule has 0 bridgehead atoms. The minimum Gasteiger partial charge on any atom is -0.302 e. The number of likely N-dealkylation sites (N-methyl/N-ethyl adjacent to an activating group) is 1. The summed E-state index contributed by atoms with van der Waals surface area (Å²) in [4.78, 5) is 2.42. The Morgan fingerprint density at radius 2 is 1.92 bits per heavy atom. The van der Waals surface area contributed by atoms with Gasteiger partial charge in [-0.2, -0.15) is 0 Å². The molecule has 0 aromatic heterocycles. The van der Waals surface area contributed by atoms with Gasteiger partial charge in [0.2, 0.25) is 0 Å². The van der Waals surface area contributed by atoms with E-state index in [1.54, 1.807) is 11.1 Å². The molecule has 0 saturated heterocycles. The summed E-state index contributed by atoms with van der Waals surface area (Å²) < 4.78 is 0. The molecule has 0 N–H and O–H groups in total. The molecule has 0 spiro atoms. The second kappa shape index (κ2) is 3.83. The van der Waals surface area contributed by atoms with Crippen LogP contribution in [0.3, 0.4) is 0 Å². The normalized spacial score (nSPS) is 21.0. The van der Waals surface area contributed by atoms with Gasteiger partial charge in [0.25, 0.3) is 0 Å². The molecule has 0 amide bonds. The van der Waals surface area contributed by atoms with E-state index in [0.29, 0.717) is 5.41 Å². The van der Waals surface area contributed by atoms with Gasteiger partial charge in [-0.3, -0.25) is 0 Å². The number of hydrogen-bond acceptors (Lipinski definition) is 1. The van der Waals surface area contributed by atoms with Gasteiger partial charge in [0.1, 0.15) is 0 Å². The molecule has 1 heteroatoms. The molecule has 76 valence electrons. The predicted octanol–water partition coefficient (Wildman–Crippen LogP) is 3.07. The minimum absolute atomic E-state index is 0.382. The van der Waals surface area contributed by atoms with Crippen molar-refractivity contribution in [2.75, 3.05) is 20.1 Å². The van der Waals surface area contributed by atoms with Gasteiger partial charge in [-0.1, -0.05) is 38.8 Å². The Balaban J connectivity index is 2.90. The highest BCUT2D eigenvalue weighted by Gasteiger charge is 2.24. The molecular weight excluding hydrogens is 158 g/mol. The third-order valence-corrected chi connectivity index (χ3v) is 2.96. The van der Waals surface area contributed by atoms with Crippen LogP contribution in [0.25, 0.3) is 0 Å². The monoisotopic (exact) mass is 181 g/mol. The van der Waals surface area contributed by atoms with Gasteiger partial charge in [-0.05, 0) is 25.3 Å². The summed E-state index contributed by atoms with van der Waals surface area (Å²) >= 11 is 0. The van der Waals surface area contributed by atoms with Crippen LogP contribution in [0.1, 0.15) is 40.5 Å². The van der Waals surface area contributed by atoms with Crippen molar-refractivity contribution >= 4 is 0 Å². The number of hydrogen-bond donors (Lipinski definition) is 0. The zero-order valence-corrected chi connectivity index (χ0v) is 9.78. The van der Waals surface area contributed by atoms with Crippen LogP contribution in [-0.2, 0) is 0 Å². The van der Waals surface area contributed by atoms with E-state index >= 15 is 0 Å². The van der Waals surface area contributed by atoms with Crippen molar-refractivity contribution in [2.24, 2.45) is 5.41 Å². The molecule has 1 aliphatic rings. The molecule has 0 aromatic carbocycles. The second-order valence-corrected chi connectivity index (χ2v) is 5.17. The summed E-state index contributed by atoms with van der Waals surface area (Å²) in [7, 11) is 2.22. The van der Waals surface area contributed by atoms with Gasteiger partial charge in [-0.25, -0.2) is 0 Å². The smallest absolute Gasteiger partial charge is 0.0192 e. The molecule has 0 radical (unpaired) electrons. The van der Waals surface area contributed by atoms with E-state index < -0.39 is 0 Å². The maximum absolute atomic E-state index is 2.42. The highest BCUT2D eigenvalue weighted by molar-refractivity contribution is 5.23. The van der Waals surface area contributed by atoms with Gasteiger partial charge in [-0.15, -0.1) is 0 Å². The van der Waals surface area contributed by atoms with E-state index in [0.717, 1.165) is 0 Å². The molecule has 0 aromatic rings. The fraction of sp³-hybridized carbons (Fsp3) is 0.833. The lowest BCUT2D eigenvalue weighted by molar-refractivity contribution is 0.316. The van der Waals surface area contributed by atoms with Crippen LogP contribution in [0.4, 0.5) is 0 Å². The first-order valence-corrected chi connectivity index (χ1v) is 5.35. The molecule has 0 unspecified atom stereocenters. The Kier molecular flexibility index (Phi) is 3.18. The average molecular weight is 181 g/mol. The lowest BCUT2D eigenvalue weighted by Gasteiger charge is -2.34.